The maximum Gasteiger partial charge on any atom is 0.338 e. The number of esters is 1. The van der Waals surface area contributed by atoms with Crippen LogP contribution in [0, 0.1) is 0 Å². The van der Waals surface area contributed by atoms with Gasteiger partial charge in [-0.3, -0.25) is 0 Å². The Balaban J connectivity index is 2.80. The highest BCUT2D eigenvalue weighted by atomic mass is 16.6. The lowest BCUT2D eigenvalue weighted by Crippen LogP contribution is -2.10. The Labute approximate surface area is 95.7 Å². The van der Waals surface area contributed by atoms with E-state index in [-0.39, 0.29) is 0 Å². The second-order valence-corrected chi connectivity index (χ2v) is 3.23. The van der Waals surface area contributed by atoms with Crippen LogP contribution in [0.1, 0.15) is 20.3 Å². The first-order valence-corrected chi connectivity index (χ1v) is 5.30. The minimum absolute atomic E-state index is 0.408. The summed E-state index contributed by atoms with van der Waals surface area (Å²) in [5.41, 5.74) is 0.450. The van der Waals surface area contributed by atoms with Gasteiger partial charge >= 0.3 is 5.97 Å². The number of benzene rings is 1. The van der Waals surface area contributed by atoms with Crippen LogP contribution in [-0.4, -0.2) is 12.6 Å². The number of para-hydroxylation sites is 2. The summed E-state index contributed by atoms with van der Waals surface area (Å²) in [5, 5.41) is 0. The minimum Gasteiger partial charge on any atom is -0.490 e. The van der Waals surface area contributed by atoms with Crippen LogP contribution in [-0.2, 0) is 4.79 Å². The molecule has 0 amide bonds. The standard InChI is InChI=1S/C13H16O3/c1-4-10(3)13(14)16-12-9-7-6-8-11(12)15-5-2/h6-9H,3-5H2,1-2H3. The van der Waals surface area contributed by atoms with E-state index in [0.717, 1.165) is 0 Å². The van der Waals surface area contributed by atoms with Gasteiger partial charge in [-0.05, 0) is 25.5 Å². The highest BCUT2D eigenvalue weighted by Gasteiger charge is 2.11. The lowest BCUT2D eigenvalue weighted by molar-refractivity contribution is -0.130. The van der Waals surface area contributed by atoms with E-state index in [1.165, 1.54) is 0 Å². The average Bonchev–Trinajstić information content (AvgIpc) is 2.31. The zero-order valence-electron chi connectivity index (χ0n) is 9.66. The van der Waals surface area contributed by atoms with E-state index in [2.05, 4.69) is 6.58 Å². The van der Waals surface area contributed by atoms with Gasteiger partial charge < -0.3 is 9.47 Å². The van der Waals surface area contributed by atoms with E-state index in [1.807, 2.05) is 19.9 Å². The van der Waals surface area contributed by atoms with Crippen LogP contribution >= 0.6 is 0 Å². The first-order valence-electron chi connectivity index (χ1n) is 5.30. The summed E-state index contributed by atoms with van der Waals surface area (Å²) in [6.45, 7) is 7.90. The molecule has 86 valence electrons. The van der Waals surface area contributed by atoms with Gasteiger partial charge in [-0.1, -0.05) is 25.6 Å². The second kappa shape index (κ2) is 5.95. The SMILES string of the molecule is C=C(CC)C(=O)Oc1ccccc1OCC. The van der Waals surface area contributed by atoms with E-state index in [1.54, 1.807) is 18.2 Å². The maximum absolute atomic E-state index is 11.5. The van der Waals surface area contributed by atoms with Crippen molar-refractivity contribution < 1.29 is 14.3 Å². The first-order chi connectivity index (χ1) is 7.69. The number of hydrogen-bond acceptors (Lipinski definition) is 3. The number of rotatable bonds is 5. The molecule has 1 rings (SSSR count). The molecule has 3 nitrogen and oxygen atoms in total. The van der Waals surface area contributed by atoms with Gasteiger partial charge in [0.1, 0.15) is 0 Å². The number of hydrogen-bond donors (Lipinski definition) is 0. The predicted molar refractivity (Wildman–Crippen MR) is 62.7 cm³/mol. The summed E-state index contributed by atoms with van der Waals surface area (Å²) in [4.78, 5) is 11.5. The first kappa shape index (κ1) is 12.3. The van der Waals surface area contributed by atoms with Crippen molar-refractivity contribution in [2.75, 3.05) is 6.61 Å². The van der Waals surface area contributed by atoms with Crippen LogP contribution in [0.4, 0.5) is 0 Å². The molecule has 0 saturated heterocycles. The fourth-order valence-electron chi connectivity index (χ4n) is 1.13. The predicted octanol–water partition coefficient (Wildman–Crippen LogP) is 2.96. The molecule has 0 atom stereocenters. The van der Waals surface area contributed by atoms with E-state index < -0.39 is 5.97 Å². The lowest BCUT2D eigenvalue weighted by atomic mass is 10.2. The molecule has 0 aromatic heterocycles. The quantitative estimate of drug-likeness (QED) is 0.435. The second-order valence-electron chi connectivity index (χ2n) is 3.23. The zero-order chi connectivity index (χ0) is 12.0. The number of ether oxygens (including phenoxy) is 2. The number of carbonyl (C=O) groups is 1. The van der Waals surface area contributed by atoms with E-state index in [0.29, 0.717) is 30.1 Å². The summed E-state index contributed by atoms with van der Waals surface area (Å²) in [6.07, 6.45) is 0.579. The number of carbonyl (C=O) groups excluding carboxylic acids is 1. The van der Waals surface area contributed by atoms with Crippen molar-refractivity contribution in [2.45, 2.75) is 20.3 Å². The van der Waals surface area contributed by atoms with Gasteiger partial charge in [0.2, 0.25) is 0 Å². The third-order valence-corrected chi connectivity index (χ3v) is 2.07. The van der Waals surface area contributed by atoms with Crippen LogP contribution in [0.25, 0.3) is 0 Å². The molecule has 0 bridgehead atoms. The molecule has 3 heteroatoms. The average molecular weight is 220 g/mol. The van der Waals surface area contributed by atoms with E-state index >= 15 is 0 Å². The van der Waals surface area contributed by atoms with Crippen LogP contribution < -0.4 is 9.47 Å². The van der Waals surface area contributed by atoms with Gasteiger partial charge in [-0.15, -0.1) is 0 Å². The Bertz CT molecular complexity index is 383. The highest BCUT2D eigenvalue weighted by molar-refractivity contribution is 5.89. The smallest absolute Gasteiger partial charge is 0.338 e. The lowest BCUT2D eigenvalue weighted by Gasteiger charge is -2.10. The maximum atomic E-state index is 11.5. The van der Waals surface area contributed by atoms with Crippen molar-refractivity contribution in [3.63, 3.8) is 0 Å². The van der Waals surface area contributed by atoms with Crippen LogP contribution in [0.3, 0.4) is 0 Å². The minimum atomic E-state index is -0.408. The topological polar surface area (TPSA) is 35.5 Å². The normalized spacial score (nSPS) is 9.62. The van der Waals surface area contributed by atoms with Crippen molar-refractivity contribution in [1.29, 1.82) is 0 Å². The molecule has 0 aliphatic carbocycles. The molecule has 16 heavy (non-hydrogen) atoms. The van der Waals surface area contributed by atoms with Gasteiger partial charge in [0.25, 0.3) is 0 Å². The molecule has 0 aliphatic heterocycles. The Morgan fingerprint density at radius 1 is 1.25 bits per heavy atom. The van der Waals surface area contributed by atoms with Crippen molar-refractivity contribution in [1.82, 2.24) is 0 Å². The largest absolute Gasteiger partial charge is 0.490 e. The van der Waals surface area contributed by atoms with Gasteiger partial charge in [0.15, 0.2) is 11.5 Å². The van der Waals surface area contributed by atoms with E-state index in [4.69, 9.17) is 9.47 Å². The molecule has 0 unspecified atom stereocenters. The van der Waals surface area contributed by atoms with Gasteiger partial charge in [0.05, 0.1) is 6.61 Å². The third kappa shape index (κ3) is 3.12. The Morgan fingerprint density at radius 3 is 2.44 bits per heavy atom. The van der Waals surface area contributed by atoms with Gasteiger partial charge in [0, 0.05) is 5.57 Å². The molecule has 0 heterocycles. The van der Waals surface area contributed by atoms with Crippen LogP contribution in [0.2, 0.25) is 0 Å². The summed E-state index contributed by atoms with van der Waals surface area (Å²) >= 11 is 0. The van der Waals surface area contributed by atoms with Gasteiger partial charge in [-0.2, -0.15) is 0 Å². The summed E-state index contributed by atoms with van der Waals surface area (Å²) in [7, 11) is 0. The Hall–Kier alpha value is -1.77. The molecular formula is C13H16O3. The van der Waals surface area contributed by atoms with Crippen LogP contribution in [0.15, 0.2) is 36.4 Å². The third-order valence-electron chi connectivity index (χ3n) is 2.07. The zero-order valence-corrected chi connectivity index (χ0v) is 9.66. The molecule has 0 N–H and O–H groups in total. The van der Waals surface area contributed by atoms with E-state index in [9.17, 15) is 4.79 Å². The fourth-order valence-corrected chi connectivity index (χ4v) is 1.13. The van der Waals surface area contributed by atoms with Crippen molar-refractivity contribution >= 4 is 5.97 Å². The molecular weight excluding hydrogens is 204 g/mol. The molecule has 0 saturated carbocycles. The molecule has 0 fully saturated rings. The summed E-state index contributed by atoms with van der Waals surface area (Å²) in [5.74, 6) is 0.598. The summed E-state index contributed by atoms with van der Waals surface area (Å²) in [6, 6.07) is 7.09. The monoisotopic (exact) mass is 220 g/mol. The van der Waals surface area contributed by atoms with Crippen molar-refractivity contribution in [2.24, 2.45) is 0 Å². The van der Waals surface area contributed by atoms with Gasteiger partial charge in [-0.25, -0.2) is 4.79 Å². The molecule has 0 radical (unpaired) electrons. The molecule has 1 aromatic carbocycles. The molecule has 1 aromatic rings. The molecule has 0 aliphatic rings. The highest BCUT2D eigenvalue weighted by Crippen LogP contribution is 2.27. The fraction of sp³-hybridized carbons (Fsp3) is 0.308. The van der Waals surface area contributed by atoms with Crippen molar-refractivity contribution in [3.8, 4) is 11.5 Å². The Morgan fingerprint density at radius 2 is 1.88 bits per heavy atom. The van der Waals surface area contributed by atoms with Crippen LogP contribution in [0.5, 0.6) is 11.5 Å². The molecule has 0 spiro atoms. The van der Waals surface area contributed by atoms with Crippen molar-refractivity contribution in [3.05, 3.63) is 36.4 Å². The summed E-state index contributed by atoms with van der Waals surface area (Å²) < 4.78 is 10.5. The Kier molecular flexibility index (Phi) is 4.58.